The van der Waals surface area contributed by atoms with Gasteiger partial charge < -0.3 is 20.3 Å². The van der Waals surface area contributed by atoms with Crippen LogP contribution in [0, 0.1) is 0 Å². The van der Waals surface area contributed by atoms with Gasteiger partial charge >= 0.3 is 0 Å². The summed E-state index contributed by atoms with van der Waals surface area (Å²) < 4.78 is 22.4. The Bertz CT molecular complexity index is 1160. The summed E-state index contributed by atoms with van der Waals surface area (Å²) >= 11 is 0. The lowest BCUT2D eigenvalue weighted by molar-refractivity contribution is 0.0951. The van der Waals surface area contributed by atoms with Crippen LogP contribution in [-0.2, 0) is 14.5 Å². The second kappa shape index (κ2) is 10.2. The van der Waals surface area contributed by atoms with Gasteiger partial charge in [-0.1, -0.05) is 0 Å². The van der Waals surface area contributed by atoms with E-state index in [-0.39, 0.29) is 23.2 Å². The van der Waals surface area contributed by atoms with Crippen molar-refractivity contribution in [1.82, 2.24) is 20.3 Å². The number of aromatic nitrogens is 3. The third-order valence-electron chi connectivity index (χ3n) is 4.83. The molecule has 186 valence electrons. The number of morpholine rings is 1. The van der Waals surface area contributed by atoms with Crippen molar-refractivity contribution in [1.29, 1.82) is 0 Å². The molecule has 2 aromatic heterocycles. The first-order valence-corrected chi connectivity index (χ1v) is 13.7. The van der Waals surface area contributed by atoms with Gasteiger partial charge in [0.15, 0.2) is 11.6 Å². The fourth-order valence-electron chi connectivity index (χ4n) is 3.51. The molecule has 1 saturated heterocycles. The topological polar surface area (TPSA) is 122 Å². The third kappa shape index (κ3) is 7.10. The van der Waals surface area contributed by atoms with Crippen molar-refractivity contribution in [2.75, 3.05) is 49.0 Å². The SMILES string of the molecule is CCNC(=O)c1cc(-c2nc(N=S(C)(C)=O)cc(N3CCOC[C@H]3C)n2)cc(NC(C)(C)C)n1. The van der Waals surface area contributed by atoms with Crippen LogP contribution in [0.4, 0.5) is 17.5 Å². The summed E-state index contributed by atoms with van der Waals surface area (Å²) in [6.45, 7) is 12.3. The van der Waals surface area contributed by atoms with Crippen molar-refractivity contribution < 1.29 is 13.7 Å². The lowest BCUT2D eigenvalue weighted by Crippen LogP contribution is -2.44. The maximum absolute atomic E-state index is 12.6. The van der Waals surface area contributed by atoms with E-state index in [4.69, 9.17) is 9.72 Å². The zero-order valence-corrected chi connectivity index (χ0v) is 21.8. The van der Waals surface area contributed by atoms with Crippen LogP contribution in [-0.4, -0.2) is 75.5 Å². The van der Waals surface area contributed by atoms with Gasteiger partial charge in [0.05, 0.1) is 19.3 Å². The van der Waals surface area contributed by atoms with Gasteiger partial charge in [0.1, 0.15) is 17.3 Å². The second-order valence-electron chi connectivity index (χ2n) is 9.66. The molecule has 10 nitrogen and oxygen atoms in total. The van der Waals surface area contributed by atoms with Crippen LogP contribution in [0.2, 0.25) is 0 Å². The second-order valence-corrected chi connectivity index (χ2v) is 12.2. The highest BCUT2D eigenvalue weighted by Crippen LogP contribution is 2.29. The van der Waals surface area contributed by atoms with E-state index in [9.17, 15) is 9.00 Å². The average molecular weight is 490 g/mol. The number of carbonyl (C=O) groups excluding carboxylic acids is 1. The summed E-state index contributed by atoms with van der Waals surface area (Å²) in [4.78, 5) is 28.7. The van der Waals surface area contributed by atoms with Gasteiger partial charge in [0.2, 0.25) is 0 Å². The molecule has 1 amide bonds. The summed E-state index contributed by atoms with van der Waals surface area (Å²) in [5.74, 6) is 1.63. The molecule has 0 unspecified atom stereocenters. The number of amides is 1. The summed E-state index contributed by atoms with van der Waals surface area (Å²) in [6.07, 6.45) is 3.13. The molecular weight excluding hydrogens is 454 g/mol. The number of anilines is 2. The Labute approximate surface area is 202 Å². The number of nitrogens with zero attached hydrogens (tertiary/aromatic N) is 5. The highest BCUT2D eigenvalue weighted by atomic mass is 32.2. The number of hydrogen-bond donors (Lipinski definition) is 2. The van der Waals surface area contributed by atoms with Crippen molar-refractivity contribution >= 4 is 33.1 Å². The Morgan fingerprint density at radius 3 is 2.59 bits per heavy atom. The number of hydrogen-bond acceptors (Lipinski definition) is 9. The van der Waals surface area contributed by atoms with E-state index < -0.39 is 9.73 Å². The van der Waals surface area contributed by atoms with Crippen LogP contribution in [0.15, 0.2) is 22.6 Å². The molecule has 1 aliphatic rings. The highest BCUT2D eigenvalue weighted by Gasteiger charge is 2.23. The Morgan fingerprint density at radius 1 is 1.24 bits per heavy atom. The molecule has 2 aromatic rings. The molecule has 2 N–H and O–H groups in total. The minimum absolute atomic E-state index is 0.110. The van der Waals surface area contributed by atoms with Crippen LogP contribution in [0.1, 0.15) is 45.1 Å². The predicted molar refractivity (Wildman–Crippen MR) is 136 cm³/mol. The van der Waals surface area contributed by atoms with Gasteiger partial charge in [-0.05, 0) is 46.8 Å². The molecule has 1 fully saturated rings. The third-order valence-corrected chi connectivity index (χ3v) is 5.46. The van der Waals surface area contributed by atoms with E-state index in [2.05, 4.69) is 36.8 Å². The van der Waals surface area contributed by atoms with E-state index in [0.29, 0.717) is 55.1 Å². The summed E-state index contributed by atoms with van der Waals surface area (Å²) in [7, 11) is -2.45. The van der Waals surface area contributed by atoms with E-state index in [1.807, 2.05) is 33.8 Å². The van der Waals surface area contributed by atoms with Crippen molar-refractivity contribution in [3.05, 3.63) is 23.9 Å². The van der Waals surface area contributed by atoms with E-state index in [0.717, 1.165) is 0 Å². The molecule has 0 spiro atoms. The van der Waals surface area contributed by atoms with Crippen molar-refractivity contribution in [2.45, 2.75) is 46.2 Å². The molecule has 1 aliphatic heterocycles. The Balaban J connectivity index is 2.19. The Morgan fingerprint density at radius 2 is 1.97 bits per heavy atom. The maximum atomic E-state index is 12.6. The van der Waals surface area contributed by atoms with Gasteiger partial charge in [-0.2, -0.15) is 4.36 Å². The lowest BCUT2D eigenvalue weighted by Gasteiger charge is -2.34. The zero-order valence-electron chi connectivity index (χ0n) is 21.0. The van der Waals surface area contributed by atoms with E-state index >= 15 is 0 Å². The van der Waals surface area contributed by atoms with E-state index in [1.165, 1.54) is 0 Å². The van der Waals surface area contributed by atoms with Crippen LogP contribution < -0.4 is 15.5 Å². The molecule has 0 aliphatic carbocycles. The van der Waals surface area contributed by atoms with Gasteiger partial charge in [0, 0.05) is 52.5 Å². The van der Waals surface area contributed by atoms with Crippen LogP contribution >= 0.6 is 0 Å². The first kappa shape index (κ1) is 25.8. The van der Waals surface area contributed by atoms with Crippen LogP contribution in [0.5, 0.6) is 0 Å². The van der Waals surface area contributed by atoms with Gasteiger partial charge in [-0.25, -0.2) is 19.2 Å². The largest absolute Gasteiger partial charge is 0.377 e. The fourth-order valence-corrected chi connectivity index (χ4v) is 4.06. The van der Waals surface area contributed by atoms with Crippen LogP contribution in [0.3, 0.4) is 0 Å². The van der Waals surface area contributed by atoms with Crippen LogP contribution in [0.25, 0.3) is 11.4 Å². The average Bonchev–Trinajstić information content (AvgIpc) is 2.71. The van der Waals surface area contributed by atoms with Gasteiger partial charge in [-0.3, -0.25) is 4.79 Å². The molecule has 0 bridgehead atoms. The minimum Gasteiger partial charge on any atom is -0.377 e. The molecular formula is C23H35N7O3S. The molecule has 0 saturated carbocycles. The molecule has 0 aromatic carbocycles. The maximum Gasteiger partial charge on any atom is 0.269 e. The summed E-state index contributed by atoms with van der Waals surface area (Å²) in [5.41, 5.74) is 0.598. The van der Waals surface area contributed by atoms with Gasteiger partial charge in [0.25, 0.3) is 5.91 Å². The van der Waals surface area contributed by atoms with E-state index in [1.54, 1.807) is 24.6 Å². The van der Waals surface area contributed by atoms with Crippen molar-refractivity contribution in [3.8, 4) is 11.4 Å². The standard InChI is InChI=1S/C23H35N7O3S/c1-8-24-22(31)17-11-16(12-18(25-17)28-23(3,4)5)21-26-19(29-34(6,7)32)13-20(27-21)30-9-10-33-14-15(30)2/h11-13,15H,8-10,14H2,1-7H3,(H,24,31)(H,25,28)/t15-/m1/s1. The molecule has 3 heterocycles. The first-order chi connectivity index (χ1) is 15.8. The van der Waals surface area contributed by atoms with Crippen molar-refractivity contribution in [2.24, 2.45) is 4.36 Å². The predicted octanol–water partition coefficient (Wildman–Crippen LogP) is 3.08. The number of carbonyl (C=O) groups is 1. The highest BCUT2D eigenvalue weighted by molar-refractivity contribution is 7.92. The molecule has 34 heavy (non-hydrogen) atoms. The number of nitrogens with one attached hydrogen (secondary N) is 2. The zero-order chi connectivity index (χ0) is 25.1. The number of rotatable bonds is 6. The quantitative estimate of drug-likeness (QED) is 0.635. The summed E-state index contributed by atoms with van der Waals surface area (Å²) in [6, 6.07) is 5.34. The summed E-state index contributed by atoms with van der Waals surface area (Å²) in [5, 5.41) is 6.12. The molecule has 3 rings (SSSR count). The molecule has 0 radical (unpaired) electrons. The smallest absolute Gasteiger partial charge is 0.269 e. The monoisotopic (exact) mass is 489 g/mol. The Hall–Kier alpha value is -2.79. The fraction of sp³-hybridized carbons (Fsp3) is 0.565. The Kier molecular flexibility index (Phi) is 7.77. The molecule has 1 atom stereocenters. The molecule has 11 heteroatoms. The normalized spacial score (nSPS) is 16.8. The first-order valence-electron chi connectivity index (χ1n) is 11.3. The minimum atomic E-state index is -2.45. The number of pyridine rings is 1. The number of ether oxygens (including phenoxy) is 1. The van der Waals surface area contributed by atoms with Gasteiger partial charge in [-0.15, -0.1) is 0 Å². The van der Waals surface area contributed by atoms with Crippen molar-refractivity contribution in [3.63, 3.8) is 0 Å². The lowest BCUT2D eigenvalue weighted by atomic mass is 10.1.